The molecule has 1 saturated carbocycles. The molecule has 0 spiro atoms. The summed E-state index contributed by atoms with van der Waals surface area (Å²) in [7, 11) is 5.26. The van der Waals surface area contributed by atoms with Gasteiger partial charge in [0.2, 0.25) is 0 Å². The van der Waals surface area contributed by atoms with E-state index in [1.165, 1.54) is 0 Å². The van der Waals surface area contributed by atoms with Crippen LogP contribution < -0.4 is 14.4 Å². The fourth-order valence-electron chi connectivity index (χ4n) is 2.10. The molecule has 0 heterocycles. The van der Waals surface area contributed by atoms with E-state index in [-0.39, 0.29) is 5.41 Å². The molecule has 1 aliphatic rings. The Hall–Kier alpha value is -1.89. The van der Waals surface area contributed by atoms with Crippen LogP contribution in [0.2, 0.25) is 0 Å². The molecule has 0 N–H and O–H groups in total. The van der Waals surface area contributed by atoms with Crippen molar-refractivity contribution < 1.29 is 9.47 Å². The highest BCUT2D eigenvalue weighted by Gasteiger charge is 2.44. The average molecular weight is 246 g/mol. The van der Waals surface area contributed by atoms with Gasteiger partial charge in [-0.25, -0.2) is 0 Å². The number of rotatable bonds is 5. The summed E-state index contributed by atoms with van der Waals surface area (Å²) in [5, 5.41) is 9.13. The van der Waals surface area contributed by atoms with E-state index >= 15 is 0 Å². The molecular formula is C14H18N2O2. The lowest BCUT2D eigenvalue weighted by atomic mass is 10.1. The molecule has 1 aliphatic carbocycles. The third-order valence-corrected chi connectivity index (χ3v) is 3.43. The molecule has 0 amide bonds. The van der Waals surface area contributed by atoms with E-state index in [1.807, 2.05) is 25.2 Å². The Morgan fingerprint density at radius 1 is 1.33 bits per heavy atom. The Kier molecular flexibility index (Phi) is 3.33. The molecule has 2 rings (SSSR count). The van der Waals surface area contributed by atoms with E-state index in [1.54, 1.807) is 14.2 Å². The van der Waals surface area contributed by atoms with Crippen LogP contribution in [0.4, 0.5) is 5.69 Å². The predicted molar refractivity (Wildman–Crippen MR) is 70.1 cm³/mol. The predicted octanol–water partition coefficient (Wildman–Crippen LogP) is 2.44. The van der Waals surface area contributed by atoms with Crippen molar-refractivity contribution >= 4 is 5.69 Å². The third-order valence-electron chi connectivity index (χ3n) is 3.43. The number of benzene rings is 1. The molecule has 0 saturated heterocycles. The second-order valence-corrected chi connectivity index (χ2v) is 4.79. The average Bonchev–Trinajstić information content (AvgIpc) is 3.18. The van der Waals surface area contributed by atoms with Gasteiger partial charge < -0.3 is 14.4 Å². The molecule has 4 nitrogen and oxygen atoms in total. The number of hydrogen-bond acceptors (Lipinski definition) is 4. The minimum Gasteiger partial charge on any atom is -0.497 e. The van der Waals surface area contributed by atoms with E-state index in [9.17, 15) is 0 Å². The van der Waals surface area contributed by atoms with Crippen molar-refractivity contribution in [3.63, 3.8) is 0 Å². The van der Waals surface area contributed by atoms with Gasteiger partial charge in [0.15, 0.2) is 0 Å². The van der Waals surface area contributed by atoms with E-state index in [2.05, 4.69) is 11.0 Å². The summed E-state index contributed by atoms with van der Waals surface area (Å²) in [5.41, 5.74) is 0.833. The topological polar surface area (TPSA) is 45.5 Å². The van der Waals surface area contributed by atoms with Gasteiger partial charge in [0, 0.05) is 19.7 Å². The lowest BCUT2D eigenvalue weighted by Crippen LogP contribution is -2.26. The zero-order chi connectivity index (χ0) is 13.2. The summed E-state index contributed by atoms with van der Waals surface area (Å²) in [6.45, 7) is 0.742. The first kappa shape index (κ1) is 12.6. The highest BCUT2D eigenvalue weighted by molar-refractivity contribution is 5.61. The Morgan fingerprint density at radius 2 is 2.06 bits per heavy atom. The number of hydrogen-bond donors (Lipinski definition) is 0. The zero-order valence-corrected chi connectivity index (χ0v) is 11.1. The highest BCUT2D eigenvalue weighted by Crippen LogP contribution is 2.46. The minimum absolute atomic E-state index is 0.153. The van der Waals surface area contributed by atoms with Gasteiger partial charge in [0.1, 0.15) is 11.5 Å². The van der Waals surface area contributed by atoms with Gasteiger partial charge in [-0.05, 0) is 25.0 Å². The normalized spacial score (nSPS) is 15.7. The maximum absolute atomic E-state index is 9.13. The van der Waals surface area contributed by atoms with Crippen LogP contribution in [0.1, 0.15) is 12.8 Å². The van der Waals surface area contributed by atoms with E-state index in [0.29, 0.717) is 0 Å². The van der Waals surface area contributed by atoms with Crippen molar-refractivity contribution in [3.05, 3.63) is 18.2 Å². The third kappa shape index (κ3) is 2.35. The lowest BCUT2D eigenvalue weighted by Gasteiger charge is -2.24. The van der Waals surface area contributed by atoms with Crippen molar-refractivity contribution in [1.29, 1.82) is 5.26 Å². The van der Waals surface area contributed by atoms with Gasteiger partial charge >= 0.3 is 0 Å². The van der Waals surface area contributed by atoms with Crippen LogP contribution in [-0.4, -0.2) is 27.8 Å². The lowest BCUT2D eigenvalue weighted by molar-refractivity contribution is 0.394. The van der Waals surface area contributed by atoms with Crippen LogP contribution in [0.3, 0.4) is 0 Å². The first-order chi connectivity index (χ1) is 8.64. The maximum Gasteiger partial charge on any atom is 0.145 e. The van der Waals surface area contributed by atoms with Crippen molar-refractivity contribution in [3.8, 4) is 17.6 Å². The van der Waals surface area contributed by atoms with Crippen molar-refractivity contribution in [2.45, 2.75) is 12.8 Å². The molecular weight excluding hydrogens is 228 g/mol. The molecule has 1 fully saturated rings. The quantitative estimate of drug-likeness (QED) is 0.800. The Morgan fingerprint density at radius 3 is 2.56 bits per heavy atom. The van der Waals surface area contributed by atoms with E-state index in [4.69, 9.17) is 14.7 Å². The summed E-state index contributed by atoms with van der Waals surface area (Å²) < 4.78 is 10.5. The molecule has 0 atom stereocenters. The molecule has 18 heavy (non-hydrogen) atoms. The van der Waals surface area contributed by atoms with E-state index in [0.717, 1.165) is 36.6 Å². The molecule has 0 radical (unpaired) electrons. The van der Waals surface area contributed by atoms with Crippen LogP contribution in [-0.2, 0) is 0 Å². The van der Waals surface area contributed by atoms with Crippen LogP contribution in [0.25, 0.3) is 0 Å². The van der Waals surface area contributed by atoms with Gasteiger partial charge in [-0.2, -0.15) is 5.26 Å². The first-order valence-electron chi connectivity index (χ1n) is 5.98. The molecule has 0 aromatic heterocycles. The molecule has 0 bridgehead atoms. The number of nitrogens with zero attached hydrogens (tertiary/aromatic N) is 2. The molecule has 0 aliphatic heterocycles. The largest absolute Gasteiger partial charge is 0.497 e. The summed E-state index contributed by atoms with van der Waals surface area (Å²) in [6, 6.07) is 8.13. The molecule has 96 valence electrons. The van der Waals surface area contributed by atoms with Crippen LogP contribution in [0, 0.1) is 16.7 Å². The number of methoxy groups -OCH3 is 2. The number of ether oxygens (including phenoxy) is 2. The monoisotopic (exact) mass is 246 g/mol. The summed E-state index contributed by atoms with van der Waals surface area (Å²) in [6.07, 6.45) is 1.98. The zero-order valence-electron chi connectivity index (χ0n) is 11.1. The smallest absolute Gasteiger partial charge is 0.145 e. The van der Waals surface area contributed by atoms with Gasteiger partial charge in [-0.1, -0.05) is 0 Å². The molecule has 0 unspecified atom stereocenters. The summed E-state index contributed by atoms with van der Waals surface area (Å²) in [5.74, 6) is 1.54. The van der Waals surface area contributed by atoms with Crippen LogP contribution in [0.5, 0.6) is 11.5 Å². The van der Waals surface area contributed by atoms with Crippen LogP contribution >= 0.6 is 0 Å². The second kappa shape index (κ2) is 4.77. The standard InChI is InChI=1S/C14H18N2O2/c1-16(10-14(9-15)6-7-14)12-5-4-11(17-2)8-13(12)18-3/h4-5,8H,6-7,10H2,1-3H3. The van der Waals surface area contributed by atoms with Crippen molar-refractivity contribution in [2.75, 3.05) is 32.7 Å². The number of nitriles is 1. The van der Waals surface area contributed by atoms with Gasteiger partial charge in [-0.15, -0.1) is 0 Å². The fraction of sp³-hybridized carbons (Fsp3) is 0.500. The van der Waals surface area contributed by atoms with Crippen molar-refractivity contribution in [2.24, 2.45) is 5.41 Å². The first-order valence-corrected chi connectivity index (χ1v) is 5.98. The van der Waals surface area contributed by atoms with Crippen LogP contribution in [0.15, 0.2) is 18.2 Å². The highest BCUT2D eigenvalue weighted by atomic mass is 16.5. The van der Waals surface area contributed by atoms with E-state index < -0.39 is 0 Å². The second-order valence-electron chi connectivity index (χ2n) is 4.79. The molecule has 4 heteroatoms. The summed E-state index contributed by atoms with van der Waals surface area (Å²) in [4.78, 5) is 2.08. The van der Waals surface area contributed by atoms with Gasteiger partial charge in [0.25, 0.3) is 0 Å². The SMILES string of the molecule is COc1ccc(N(C)CC2(C#N)CC2)c(OC)c1. The number of anilines is 1. The fourth-order valence-corrected chi connectivity index (χ4v) is 2.10. The maximum atomic E-state index is 9.13. The van der Waals surface area contributed by atoms with Crippen molar-refractivity contribution in [1.82, 2.24) is 0 Å². The van der Waals surface area contributed by atoms with Gasteiger partial charge in [-0.3, -0.25) is 0 Å². The Balaban J connectivity index is 2.19. The molecule has 1 aromatic carbocycles. The minimum atomic E-state index is -0.153. The van der Waals surface area contributed by atoms with Gasteiger partial charge in [0.05, 0.1) is 31.4 Å². The Bertz CT molecular complexity index is 475. The Labute approximate surface area is 108 Å². The molecule has 1 aromatic rings. The summed E-state index contributed by atoms with van der Waals surface area (Å²) >= 11 is 0.